The predicted molar refractivity (Wildman–Crippen MR) is 95.9 cm³/mol. The fourth-order valence-electron chi connectivity index (χ4n) is 2.64. The molecule has 5 heteroatoms. The molecule has 0 heterocycles. The van der Waals surface area contributed by atoms with Crippen LogP contribution in [0.2, 0.25) is 0 Å². The normalized spacial score (nSPS) is 15.9. The van der Waals surface area contributed by atoms with Gasteiger partial charge in [-0.3, -0.25) is 0 Å². The minimum atomic E-state index is -0.814. The first-order valence-corrected chi connectivity index (χ1v) is 8.25. The Bertz CT molecular complexity index is 636. The van der Waals surface area contributed by atoms with E-state index in [9.17, 15) is 10.2 Å². The van der Waals surface area contributed by atoms with Gasteiger partial charge in [0.25, 0.3) is 0 Å². The molecule has 0 aliphatic carbocycles. The second-order valence-electron chi connectivity index (χ2n) is 5.99. The smallest absolute Gasteiger partial charge is 0.118 e. The van der Waals surface area contributed by atoms with Gasteiger partial charge in [-0.25, -0.2) is 0 Å². The Kier molecular flexibility index (Phi) is 6.82. The summed E-state index contributed by atoms with van der Waals surface area (Å²) in [6.07, 6.45) is -2.59. The number of aliphatic hydroxyl groups is 2. The molecule has 0 saturated heterocycles. The first-order valence-electron chi connectivity index (χ1n) is 8.25. The molecule has 0 radical (unpaired) electrons. The van der Waals surface area contributed by atoms with Crippen LogP contribution in [-0.4, -0.2) is 36.6 Å². The molecule has 0 bridgehead atoms. The zero-order valence-corrected chi connectivity index (χ0v) is 15.0. The van der Waals surface area contributed by atoms with E-state index in [-0.39, 0.29) is 0 Å². The van der Waals surface area contributed by atoms with Crippen LogP contribution in [-0.2, 0) is 4.74 Å². The first-order chi connectivity index (χ1) is 12.0. The van der Waals surface area contributed by atoms with Crippen molar-refractivity contribution < 1.29 is 24.4 Å². The van der Waals surface area contributed by atoms with Crippen LogP contribution in [0.25, 0.3) is 0 Å². The van der Waals surface area contributed by atoms with Crippen molar-refractivity contribution in [2.24, 2.45) is 0 Å². The van der Waals surface area contributed by atoms with E-state index in [0.717, 1.165) is 22.6 Å². The highest BCUT2D eigenvalue weighted by Gasteiger charge is 2.25. The van der Waals surface area contributed by atoms with E-state index in [4.69, 9.17) is 14.2 Å². The summed E-state index contributed by atoms with van der Waals surface area (Å²) in [6.45, 7) is 3.45. The van der Waals surface area contributed by atoms with Crippen LogP contribution in [0.1, 0.15) is 37.2 Å². The quantitative estimate of drug-likeness (QED) is 0.768. The van der Waals surface area contributed by atoms with Crippen LogP contribution >= 0.6 is 0 Å². The SMILES string of the molecule is COc1ccc([C@H](O)[C@H](C)O[C@@H](c2ccc(OC)cc2)[C@H](C)O)cc1. The lowest BCUT2D eigenvalue weighted by Crippen LogP contribution is -2.27. The average molecular weight is 346 g/mol. The monoisotopic (exact) mass is 346 g/mol. The lowest BCUT2D eigenvalue weighted by atomic mass is 10.0. The van der Waals surface area contributed by atoms with Crippen LogP contribution in [0.5, 0.6) is 11.5 Å². The molecule has 2 N–H and O–H groups in total. The standard InChI is InChI=1S/C20H26O5/c1-13(21)20(16-7-11-18(24-4)12-8-16)25-14(2)19(22)15-5-9-17(23-3)10-6-15/h5-14,19-22H,1-4H3/t13-,14-,19+,20+/m0/s1. The molecule has 4 atom stereocenters. The van der Waals surface area contributed by atoms with E-state index < -0.39 is 24.4 Å². The van der Waals surface area contributed by atoms with E-state index in [0.29, 0.717) is 0 Å². The molecule has 0 aromatic heterocycles. The second kappa shape index (κ2) is 8.85. The summed E-state index contributed by atoms with van der Waals surface area (Å²) in [5.74, 6) is 1.46. The Balaban J connectivity index is 2.11. The largest absolute Gasteiger partial charge is 0.497 e. The summed E-state index contributed by atoms with van der Waals surface area (Å²) >= 11 is 0. The zero-order chi connectivity index (χ0) is 18.4. The fourth-order valence-corrected chi connectivity index (χ4v) is 2.64. The summed E-state index contributed by atoms with van der Waals surface area (Å²) in [4.78, 5) is 0. The van der Waals surface area contributed by atoms with Gasteiger partial charge in [-0.2, -0.15) is 0 Å². The van der Waals surface area contributed by atoms with Crippen LogP contribution in [0.4, 0.5) is 0 Å². The molecular formula is C20H26O5. The lowest BCUT2D eigenvalue weighted by Gasteiger charge is -2.28. The molecular weight excluding hydrogens is 320 g/mol. The molecule has 0 fully saturated rings. The zero-order valence-electron chi connectivity index (χ0n) is 15.0. The summed E-state index contributed by atoms with van der Waals surface area (Å²) < 4.78 is 16.2. The number of rotatable bonds is 8. The Hall–Kier alpha value is -2.08. The van der Waals surface area contributed by atoms with Crippen molar-refractivity contribution >= 4 is 0 Å². The average Bonchev–Trinajstić information content (AvgIpc) is 2.65. The van der Waals surface area contributed by atoms with E-state index in [1.54, 1.807) is 52.3 Å². The molecule has 0 unspecified atom stereocenters. The molecule has 5 nitrogen and oxygen atoms in total. The minimum Gasteiger partial charge on any atom is -0.497 e. The number of aliphatic hydroxyl groups excluding tert-OH is 2. The van der Waals surface area contributed by atoms with Gasteiger partial charge < -0.3 is 24.4 Å². The van der Waals surface area contributed by atoms with Gasteiger partial charge in [0.05, 0.1) is 26.4 Å². The Morgan fingerprint density at radius 1 is 0.720 bits per heavy atom. The minimum absolute atomic E-state index is 0.505. The van der Waals surface area contributed by atoms with Gasteiger partial charge in [-0.1, -0.05) is 24.3 Å². The first kappa shape index (κ1) is 19.2. The van der Waals surface area contributed by atoms with Crippen LogP contribution in [0, 0.1) is 0 Å². The van der Waals surface area contributed by atoms with Gasteiger partial charge in [-0.15, -0.1) is 0 Å². The summed E-state index contributed by atoms with van der Waals surface area (Å²) in [5.41, 5.74) is 1.55. The maximum Gasteiger partial charge on any atom is 0.118 e. The third kappa shape index (κ3) is 4.95. The number of hydrogen-bond donors (Lipinski definition) is 2. The van der Waals surface area contributed by atoms with Gasteiger partial charge in [0, 0.05) is 0 Å². The van der Waals surface area contributed by atoms with Crippen molar-refractivity contribution in [1.82, 2.24) is 0 Å². The van der Waals surface area contributed by atoms with E-state index in [1.807, 2.05) is 24.3 Å². The Morgan fingerprint density at radius 2 is 1.16 bits per heavy atom. The highest BCUT2D eigenvalue weighted by atomic mass is 16.5. The predicted octanol–water partition coefficient (Wildman–Crippen LogP) is 3.26. The van der Waals surface area contributed by atoms with E-state index in [1.165, 1.54) is 0 Å². The summed E-state index contributed by atoms with van der Waals surface area (Å²) in [7, 11) is 3.20. The molecule has 0 amide bonds. The van der Waals surface area contributed by atoms with Crippen molar-refractivity contribution in [1.29, 1.82) is 0 Å². The third-order valence-corrected chi connectivity index (χ3v) is 4.15. The topological polar surface area (TPSA) is 68.2 Å². The number of ether oxygens (including phenoxy) is 3. The molecule has 2 aromatic rings. The second-order valence-corrected chi connectivity index (χ2v) is 5.99. The lowest BCUT2D eigenvalue weighted by molar-refractivity contribution is -0.108. The summed E-state index contributed by atoms with van der Waals surface area (Å²) in [5, 5.41) is 20.7. The molecule has 2 aromatic carbocycles. The van der Waals surface area contributed by atoms with E-state index in [2.05, 4.69) is 0 Å². The Morgan fingerprint density at radius 3 is 1.56 bits per heavy atom. The molecule has 0 aliphatic rings. The molecule has 0 aliphatic heterocycles. The van der Waals surface area contributed by atoms with Gasteiger partial charge >= 0.3 is 0 Å². The van der Waals surface area contributed by atoms with Crippen molar-refractivity contribution in [3.63, 3.8) is 0 Å². The van der Waals surface area contributed by atoms with Crippen molar-refractivity contribution in [3.8, 4) is 11.5 Å². The molecule has 136 valence electrons. The maximum atomic E-state index is 10.5. The number of methoxy groups -OCH3 is 2. The molecule has 0 spiro atoms. The van der Waals surface area contributed by atoms with Gasteiger partial charge in [0.2, 0.25) is 0 Å². The number of benzene rings is 2. The molecule has 25 heavy (non-hydrogen) atoms. The molecule has 2 rings (SSSR count). The third-order valence-electron chi connectivity index (χ3n) is 4.15. The van der Waals surface area contributed by atoms with Crippen LogP contribution in [0.15, 0.2) is 48.5 Å². The number of hydrogen-bond acceptors (Lipinski definition) is 5. The highest BCUT2D eigenvalue weighted by Crippen LogP contribution is 2.29. The van der Waals surface area contributed by atoms with Gasteiger partial charge in [-0.05, 0) is 49.2 Å². The summed E-state index contributed by atoms with van der Waals surface area (Å²) in [6, 6.07) is 14.5. The van der Waals surface area contributed by atoms with Crippen molar-refractivity contribution in [3.05, 3.63) is 59.7 Å². The van der Waals surface area contributed by atoms with Gasteiger partial charge in [0.1, 0.15) is 23.7 Å². The fraction of sp³-hybridized carbons (Fsp3) is 0.400. The highest BCUT2D eigenvalue weighted by molar-refractivity contribution is 5.30. The van der Waals surface area contributed by atoms with Crippen molar-refractivity contribution in [2.75, 3.05) is 14.2 Å². The van der Waals surface area contributed by atoms with Crippen LogP contribution in [0.3, 0.4) is 0 Å². The molecule has 0 saturated carbocycles. The van der Waals surface area contributed by atoms with Crippen molar-refractivity contribution in [2.45, 2.75) is 38.3 Å². The maximum absolute atomic E-state index is 10.5. The Labute approximate surface area is 148 Å². The van der Waals surface area contributed by atoms with E-state index >= 15 is 0 Å². The van der Waals surface area contributed by atoms with Gasteiger partial charge in [0.15, 0.2) is 0 Å². The van der Waals surface area contributed by atoms with Crippen LogP contribution < -0.4 is 9.47 Å².